The molecular weight excluding hydrogens is 374 g/mol. The summed E-state index contributed by atoms with van der Waals surface area (Å²) in [5.41, 5.74) is 7.78. The Morgan fingerprint density at radius 1 is 1.14 bits per heavy atom. The number of anilines is 2. The molecule has 2 aromatic heterocycles. The molecule has 1 aliphatic heterocycles. The van der Waals surface area contributed by atoms with E-state index >= 15 is 0 Å². The van der Waals surface area contributed by atoms with Crippen LogP contribution in [0.25, 0.3) is 0 Å². The third kappa shape index (κ3) is 3.89. The van der Waals surface area contributed by atoms with Gasteiger partial charge in [-0.25, -0.2) is 9.97 Å². The minimum absolute atomic E-state index is 0.207. The summed E-state index contributed by atoms with van der Waals surface area (Å²) in [5, 5.41) is 11.4. The normalized spacial score (nSPS) is 26.9. The van der Waals surface area contributed by atoms with E-state index in [1.54, 1.807) is 0 Å². The molecule has 28 heavy (non-hydrogen) atoms. The molecule has 8 heteroatoms. The minimum Gasteiger partial charge on any atom is -0.486 e. The maximum absolute atomic E-state index is 10.7. The Kier molecular flexibility index (Phi) is 5.33. The van der Waals surface area contributed by atoms with E-state index in [9.17, 15) is 5.11 Å². The topological polar surface area (TPSA) is 97.4 Å². The summed E-state index contributed by atoms with van der Waals surface area (Å²) in [7, 11) is 0. The van der Waals surface area contributed by atoms with E-state index in [0.29, 0.717) is 22.8 Å². The van der Waals surface area contributed by atoms with E-state index < -0.39 is 6.10 Å². The fourth-order valence-electron chi connectivity index (χ4n) is 4.35. The largest absolute Gasteiger partial charge is 0.486 e. The molecule has 4 rings (SSSR count). The van der Waals surface area contributed by atoms with E-state index in [0.717, 1.165) is 48.9 Å². The third-order valence-electron chi connectivity index (χ3n) is 5.76. The first-order valence-corrected chi connectivity index (χ1v) is 10.9. The Hall–Kier alpha value is -2.06. The van der Waals surface area contributed by atoms with E-state index in [1.165, 1.54) is 11.8 Å². The molecule has 7 nitrogen and oxygen atoms in total. The van der Waals surface area contributed by atoms with Crippen LogP contribution in [0.1, 0.15) is 24.2 Å². The zero-order valence-corrected chi connectivity index (χ0v) is 17.3. The lowest BCUT2D eigenvalue weighted by atomic mass is 9.78. The number of aliphatic hydroxyl groups excluding tert-OH is 1. The summed E-state index contributed by atoms with van der Waals surface area (Å²) in [6, 6.07) is 5.73. The molecule has 2 fully saturated rings. The standard InChI is InChI=1S/C20H27N5O2S/c1-11-4-5-16(12(2)22-11)27-17-7-14-10-25(9-13(14)6-15(17)26)19-8-18(21)23-20(24-19)28-3/h4-5,8,13-15,17,26H,6-7,9-10H2,1-3H3,(H2,21,23,24)/t13-,14+,15+,17+/m0/s1. The van der Waals surface area contributed by atoms with Gasteiger partial charge in [0, 0.05) is 24.8 Å². The summed E-state index contributed by atoms with van der Waals surface area (Å²) in [6.45, 7) is 5.68. The second kappa shape index (κ2) is 7.75. The molecule has 1 aliphatic carbocycles. The van der Waals surface area contributed by atoms with Crippen LogP contribution < -0.4 is 15.4 Å². The maximum atomic E-state index is 10.7. The molecule has 0 unspecified atom stereocenters. The van der Waals surface area contributed by atoms with Crippen LogP contribution in [0.15, 0.2) is 23.4 Å². The van der Waals surface area contributed by atoms with E-state index in [1.807, 2.05) is 38.3 Å². The van der Waals surface area contributed by atoms with Gasteiger partial charge in [-0.15, -0.1) is 0 Å². The Morgan fingerprint density at radius 2 is 1.89 bits per heavy atom. The van der Waals surface area contributed by atoms with Crippen LogP contribution in [0.3, 0.4) is 0 Å². The summed E-state index contributed by atoms with van der Waals surface area (Å²) >= 11 is 1.49. The molecular formula is C20H27N5O2S. The molecule has 0 radical (unpaired) electrons. The number of rotatable bonds is 4. The first-order chi connectivity index (χ1) is 13.4. The van der Waals surface area contributed by atoms with Crippen LogP contribution in [-0.2, 0) is 0 Å². The van der Waals surface area contributed by atoms with Gasteiger partial charge >= 0.3 is 0 Å². The number of aliphatic hydroxyl groups is 1. The molecule has 0 aromatic carbocycles. The number of aromatic nitrogens is 3. The lowest BCUT2D eigenvalue weighted by Crippen LogP contribution is -2.42. The number of aryl methyl sites for hydroxylation is 2. The number of ether oxygens (including phenoxy) is 1. The second-order valence-electron chi connectivity index (χ2n) is 7.79. The van der Waals surface area contributed by atoms with Crippen molar-refractivity contribution in [2.24, 2.45) is 11.8 Å². The third-order valence-corrected chi connectivity index (χ3v) is 6.31. The van der Waals surface area contributed by atoms with Crippen LogP contribution in [0, 0.1) is 25.7 Å². The summed E-state index contributed by atoms with van der Waals surface area (Å²) in [5.74, 6) is 3.02. The molecule has 0 bridgehead atoms. The van der Waals surface area contributed by atoms with Gasteiger partial charge in [-0.3, -0.25) is 4.98 Å². The molecule has 2 aliphatic rings. The Labute approximate surface area is 169 Å². The molecule has 0 spiro atoms. The van der Waals surface area contributed by atoms with E-state index in [-0.39, 0.29) is 6.10 Å². The molecule has 2 aromatic rings. The summed E-state index contributed by atoms with van der Waals surface area (Å²) in [4.78, 5) is 15.6. The predicted molar refractivity (Wildman–Crippen MR) is 111 cm³/mol. The quantitative estimate of drug-likeness (QED) is 0.596. The molecule has 3 N–H and O–H groups in total. The minimum atomic E-state index is -0.473. The van der Waals surface area contributed by atoms with Crippen LogP contribution in [0.2, 0.25) is 0 Å². The molecule has 1 saturated carbocycles. The highest BCUT2D eigenvalue weighted by atomic mass is 32.2. The molecule has 150 valence electrons. The zero-order chi connectivity index (χ0) is 19.8. The molecule has 3 heterocycles. The first kappa shape index (κ1) is 19.3. The Bertz CT molecular complexity index is 864. The summed E-state index contributed by atoms with van der Waals surface area (Å²) < 4.78 is 6.18. The van der Waals surface area contributed by atoms with Gasteiger partial charge in [0.25, 0.3) is 0 Å². The monoisotopic (exact) mass is 401 g/mol. The molecule has 0 amide bonds. The second-order valence-corrected chi connectivity index (χ2v) is 8.57. The number of pyridine rings is 1. The number of nitrogens with zero attached hydrogens (tertiary/aromatic N) is 4. The van der Waals surface area contributed by atoms with Crippen molar-refractivity contribution in [1.29, 1.82) is 0 Å². The van der Waals surface area contributed by atoms with Gasteiger partial charge in [0.1, 0.15) is 23.5 Å². The highest BCUT2D eigenvalue weighted by molar-refractivity contribution is 7.98. The van der Waals surface area contributed by atoms with Crippen LogP contribution in [-0.4, -0.2) is 51.6 Å². The average Bonchev–Trinajstić information content (AvgIpc) is 3.06. The van der Waals surface area contributed by atoms with Crippen molar-refractivity contribution >= 4 is 23.4 Å². The number of hydrogen-bond donors (Lipinski definition) is 2. The number of hydrogen-bond acceptors (Lipinski definition) is 8. The van der Waals surface area contributed by atoms with Crippen molar-refractivity contribution in [1.82, 2.24) is 15.0 Å². The molecule has 1 saturated heterocycles. The van der Waals surface area contributed by atoms with Gasteiger partial charge in [-0.2, -0.15) is 0 Å². The highest BCUT2D eigenvalue weighted by Gasteiger charge is 2.43. The predicted octanol–water partition coefficient (Wildman–Crippen LogP) is 2.45. The first-order valence-electron chi connectivity index (χ1n) is 9.65. The van der Waals surface area contributed by atoms with Crippen LogP contribution in [0.4, 0.5) is 11.6 Å². The van der Waals surface area contributed by atoms with Crippen molar-refractivity contribution in [3.05, 3.63) is 29.6 Å². The van der Waals surface area contributed by atoms with Gasteiger partial charge in [-0.05, 0) is 56.9 Å². The number of nitrogen functional groups attached to an aromatic ring is 1. The number of nitrogens with two attached hydrogens (primary N) is 1. The van der Waals surface area contributed by atoms with Gasteiger partial charge < -0.3 is 20.5 Å². The van der Waals surface area contributed by atoms with Crippen molar-refractivity contribution in [3.63, 3.8) is 0 Å². The zero-order valence-electron chi connectivity index (χ0n) is 16.5. The smallest absolute Gasteiger partial charge is 0.191 e. The fourth-order valence-corrected chi connectivity index (χ4v) is 4.73. The Morgan fingerprint density at radius 3 is 2.61 bits per heavy atom. The van der Waals surface area contributed by atoms with Crippen molar-refractivity contribution in [2.75, 3.05) is 30.0 Å². The highest BCUT2D eigenvalue weighted by Crippen LogP contribution is 2.39. The van der Waals surface area contributed by atoms with E-state index in [2.05, 4.69) is 19.9 Å². The van der Waals surface area contributed by atoms with Gasteiger partial charge in [0.2, 0.25) is 0 Å². The van der Waals surface area contributed by atoms with Crippen LogP contribution in [0.5, 0.6) is 5.75 Å². The van der Waals surface area contributed by atoms with Crippen molar-refractivity contribution in [2.45, 2.75) is 44.1 Å². The number of fused-ring (bicyclic) bond motifs is 1. The lowest BCUT2D eigenvalue weighted by Gasteiger charge is -2.35. The summed E-state index contributed by atoms with van der Waals surface area (Å²) in [6.07, 6.45) is 2.83. The average molecular weight is 402 g/mol. The van der Waals surface area contributed by atoms with Gasteiger partial charge in [0.15, 0.2) is 5.16 Å². The lowest BCUT2D eigenvalue weighted by molar-refractivity contribution is -0.0236. The SMILES string of the molecule is CSc1nc(N)cc(N2C[C@H]3C[C@@H](Oc4ccc(C)nc4C)[C@H](O)C[C@H]3C2)n1. The van der Waals surface area contributed by atoms with Crippen LogP contribution >= 0.6 is 11.8 Å². The number of thioether (sulfide) groups is 1. The molecule has 4 atom stereocenters. The maximum Gasteiger partial charge on any atom is 0.191 e. The Balaban J connectivity index is 1.47. The van der Waals surface area contributed by atoms with Crippen molar-refractivity contribution < 1.29 is 9.84 Å². The van der Waals surface area contributed by atoms with Gasteiger partial charge in [-0.1, -0.05) is 11.8 Å². The fraction of sp³-hybridized carbons (Fsp3) is 0.550. The van der Waals surface area contributed by atoms with Crippen molar-refractivity contribution in [3.8, 4) is 5.75 Å². The van der Waals surface area contributed by atoms with E-state index in [4.69, 9.17) is 10.5 Å². The van der Waals surface area contributed by atoms with Gasteiger partial charge in [0.05, 0.1) is 11.8 Å².